The molecule has 10 heteroatoms. The van der Waals surface area contributed by atoms with E-state index in [1.807, 2.05) is 0 Å². The van der Waals surface area contributed by atoms with Gasteiger partial charge in [0, 0.05) is 18.4 Å². The maximum atomic E-state index is 13.1. The molecule has 1 saturated heterocycles. The molecule has 2 aromatic rings. The SMILES string of the molecule is Cc1nn(C)c(=O)c(C(=O)N2CSC[C@H]2C(=O)NNC(=O)c2ccccc2)c1C. The first-order chi connectivity index (χ1) is 13.8. The van der Waals surface area contributed by atoms with E-state index in [0.29, 0.717) is 22.6 Å². The number of hydrogen-bond acceptors (Lipinski definition) is 6. The normalized spacial score (nSPS) is 15.8. The van der Waals surface area contributed by atoms with E-state index in [-0.39, 0.29) is 11.4 Å². The standard InChI is InChI=1S/C19H21N5O4S/c1-11-12(2)22-23(3)18(27)15(11)19(28)24-10-29-9-14(24)17(26)21-20-16(25)13-7-5-4-6-8-13/h4-8,14H,9-10H2,1-3H3,(H,20,25)(H,21,26)/t14-/m0/s1. The van der Waals surface area contributed by atoms with Gasteiger partial charge in [0.1, 0.15) is 11.6 Å². The highest BCUT2D eigenvalue weighted by Gasteiger charge is 2.37. The van der Waals surface area contributed by atoms with E-state index >= 15 is 0 Å². The van der Waals surface area contributed by atoms with Gasteiger partial charge in [-0.15, -0.1) is 11.8 Å². The molecule has 0 unspecified atom stereocenters. The van der Waals surface area contributed by atoms with Gasteiger partial charge in [-0.3, -0.25) is 30.0 Å². The Kier molecular flexibility index (Phi) is 6.02. The number of carbonyl (C=O) groups excluding carboxylic acids is 3. The summed E-state index contributed by atoms with van der Waals surface area (Å²) >= 11 is 1.40. The summed E-state index contributed by atoms with van der Waals surface area (Å²) in [6.45, 7) is 3.38. The molecule has 3 rings (SSSR count). The lowest BCUT2D eigenvalue weighted by atomic mass is 10.1. The molecule has 1 aliphatic rings. The van der Waals surface area contributed by atoms with Gasteiger partial charge in [-0.2, -0.15) is 5.10 Å². The molecule has 2 N–H and O–H groups in total. The Morgan fingerprint density at radius 3 is 2.52 bits per heavy atom. The smallest absolute Gasteiger partial charge is 0.279 e. The quantitative estimate of drug-likeness (QED) is 0.701. The number of rotatable bonds is 3. The van der Waals surface area contributed by atoms with Crippen LogP contribution in [0.25, 0.3) is 0 Å². The lowest BCUT2D eigenvalue weighted by Crippen LogP contribution is -2.53. The van der Waals surface area contributed by atoms with Crippen LogP contribution < -0.4 is 16.4 Å². The number of carbonyl (C=O) groups is 3. The average Bonchev–Trinajstić information content (AvgIpc) is 3.21. The van der Waals surface area contributed by atoms with Crippen LogP contribution in [0.2, 0.25) is 0 Å². The van der Waals surface area contributed by atoms with Gasteiger partial charge in [-0.25, -0.2) is 4.68 Å². The van der Waals surface area contributed by atoms with Gasteiger partial charge in [0.15, 0.2) is 0 Å². The lowest BCUT2D eigenvalue weighted by molar-refractivity contribution is -0.125. The molecule has 3 amide bonds. The second-order valence-electron chi connectivity index (χ2n) is 6.61. The zero-order valence-electron chi connectivity index (χ0n) is 16.3. The van der Waals surface area contributed by atoms with Crippen LogP contribution in [0.3, 0.4) is 0 Å². The topological polar surface area (TPSA) is 113 Å². The van der Waals surface area contributed by atoms with Gasteiger partial charge in [0.2, 0.25) is 0 Å². The third kappa shape index (κ3) is 4.16. The molecule has 0 spiro atoms. The monoisotopic (exact) mass is 415 g/mol. The van der Waals surface area contributed by atoms with Crippen LogP contribution in [0.15, 0.2) is 35.1 Å². The van der Waals surface area contributed by atoms with Crippen molar-refractivity contribution >= 4 is 29.5 Å². The molecule has 9 nitrogen and oxygen atoms in total. The van der Waals surface area contributed by atoms with Gasteiger partial charge < -0.3 is 4.90 Å². The third-order valence-corrected chi connectivity index (χ3v) is 5.73. The summed E-state index contributed by atoms with van der Waals surface area (Å²) in [4.78, 5) is 51.6. The summed E-state index contributed by atoms with van der Waals surface area (Å²) in [5, 5.41) is 4.08. The molecule has 0 radical (unpaired) electrons. The molecule has 1 aliphatic heterocycles. The Labute approximate surface area is 171 Å². The maximum absolute atomic E-state index is 13.1. The van der Waals surface area contributed by atoms with E-state index in [0.717, 1.165) is 4.68 Å². The van der Waals surface area contributed by atoms with Crippen molar-refractivity contribution in [2.75, 3.05) is 11.6 Å². The second-order valence-corrected chi connectivity index (χ2v) is 7.61. The summed E-state index contributed by atoms with van der Waals surface area (Å²) in [5.74, 6) is -0.867. The number of amides is 3. The van der Waals surface area contributed by atoms with Crippen molar-refractivity contribution in [1.29, 1.82) is 0 Å². The first kappa shape index (κ1) is 20.6. The molecule has 29 heavy (non-hydrogen) atoms. The lowest BCUT2D eigenvalue weighted by Gasteiger charge is -2.24. The fraction of sp³-hybridized carbons (Fsp3) is 0.316. The summed E-state index contributed by atoms with van der Waals surface area (Å²) in [7, 11) is 1.48. The minimum Gasteiger partial charge on any atom is -0.316 e. The van der Waals surface area contributed by atoms with Crippen molar-refractivity contribution < 1.29 is 14.4 Å². The minimum atomic E-state index is -0.804. The first-order valence-corrected chi connectivity index (χ1v) is 10.0. The number of hydrazine groups is 1. The highest BCUT2D eigenvalue weighted by Crippen LogP contribution is 2.23. The first-order valence-electron chi connectivity index (χ1n) is 8.89. The Bertz CT molecular complexity index is 1020. The van der Waals surface area contributed by atoms with Crippen LogP contribution in [-0.2, 0) is 11.8 Å². The summed E-state index contributed by atoms with van der Waals surface area (Å²) in [5.41, 5.74) is 5.68. The molecule has 0 bridgehead atoms. The van der Waals surface area contributed by atoms with Crippen molar-refractivity contribution in [1.82, 2.24) is 25.5 Å². The molecule has 152 valence electrons. The molecule has 0 saturated carbocycles. The average molecular weight is 415 g/mol. The summed E-state index contributed by atoms with van der Waals surface area (Å²) in [6.07, 6.45) is 0. The van der Waals surface area contributed by atoms with Crippen molar-refractivity contribution in [3.63, 3.8) is 0 Å². The van der Waals surface area contributed by atoms with Crippen LogP contribution in [-0.4, -0.2) is 50.1 Å². The third-order valence-electron chi connectivity index (χ3n) is 4.72. The van der Waals surface area contributed by atoms with Crippen LogP contribution >= 0.6 is 11.8 Å². The Morgan fingerprint density at radius 2 is 1.83 bits per heavy atom. The zero-order valence-corrected chi connectivity index (χ0v) is 17.1. The van der Waals surface area contributed by atoms with E-state index in [1.165, 1.54) is 23.7 Å². The van der Waals surface area contributed by atoms with E-state index < -0.39 is 29.3 Å². The number of nitrogens with one attached hydrogen (secondary N) is 2. The molecular formula is C19H21N5O4S. The number of hydrogen-bond donors (Lipinski definition) is 2. The Balaban J connectivity index is 1.75. The van der Waals surface area contributed by atoms with Crippen LogP contribution in [0.4, 0.5) is 0 Å². The van der Waals surface area contributed by atoms with Crippen molar-refractivity contribution in [2.24, 2.45) is 7.05 Å². The predicted octanol–water partition coefficient (Wildman–Crippen LogP) is 0.373. The van der Waals surface area contributed by atoms with Gasteiger partial charge in [0.05, 0.1) is 11.6 Å². The highest BCUT2D eigenvalue weighted by atomic mass is 32.2. The molecule has 0 aliphatic carbocycles. The van der Waals surface area contributed by atoms with Gasteiger partial charge in [0.25, 0.3) is 23.3 Å². The van der Waals surface area contributed by atoms with Gasteiger partial charge in [-0.05, 0) is 31.5 Å². The number of aryl methyl sites for hydroxylation is 2. The Morgan fingerprint density at radius 1 is 1.14 bits per heavy atom. The predicted molar refractivity (Wildman–Crippen MR) is 108 cm³/mol. The molecule has 1 atom stereocenters. The van der Waals surface area contributed by atoms with Crippen LogP contribution in [0, 0.1) is 13.8 Å². The van der Waals surface area contributed by atoms with E-state index in [4.69, 9.17) is 0 Å². The fourth-order valence-corrected chi connectivity index (χ4v) is 4.12. The molecule has 2 heterocycles. The van der Waals surface area contributed by atoms with E-state index in [9.17, 15) is 19.2 Å². The van der Waals surface area contributed by atoms with E-state index in [1.54, 1.807) is 44.2 Å². The van der Waals surface area contributed by atoms with Crippen molar-refractivity contribution in [3.8, 4) is 0 Å². The fourth-order valence-electron chi connectivity index (χ4n) is 2.97. The van der Waals surface area contributed by atoms with Gasteiger partial charge in [-0.1, -0.05) is 18.2 Å². The highest BCUT2D eigenvalue weighted by molar-refractivity contribution is 7.99. The molecular weight excluding hydrogens is 394 g/mol. The summed E-state index contributed by atoms with van der Waals surface area (Å²) < 4.78 is 1.12. The number of benzene rings is 1. The van der Waals surface area contributed by atoms with Crippen molar-refractivity contribution in [3.05, 3.63) is 63.1 Å². The molecule has 1 aromatic carbocycles. The second kappa shape index (κ2) is 8.48. The van der Waals surface area contributed by atoms with Gasteiger partial charge >= 0.3 is 0 Å². The number of aromatic nitrogens is 2. The molecule has 1 fully saturated rings. The number of nitrogens with zero attached hydrogens (tertiary/aromatic N) is 3. The number of thioether (sulfide) groups is 1. The summed E-state index contributed by atoms with van der Waals surface area (Å²) in [6, 6.07) is 7.64. The van der Waals surface area contributed by atoms with Crippen LogP contribution in [0.5, 0.6) is 0 Å². The molecule has 1 aromatic heterocycles. The zero-order chi connectivity index (χ0) is 21.1. The van der Waals surface area contributed by atoms with E-state index in [2.05, 4.69) is 16.0 Å². The van der Waals surface area contributed by atoms with Crippen LogP contribution in [0.1, 0.15) is 32.0 Å². The van der Waals surface area contributed by atoms with Crippen molar-refractivity contribution in [2.45, 2.75) is 19.9 Å². The maximum Gasteiger partial charge on any atom is 0.279 e. The largest absolute Gasteiger partial charge is 0.316 e. The minimum absolute atomic E-state index is 0.00798. The Hall–Kier alpha value is -3.14.